The number of hydrogen-bond acceptors (Lipinski definition) is 3. The van der Waals surface area contributed by atoms with E-state index in [4.69, 9.17) is 11.6 Å². The van der Waals surface area contributed by atoms with E-state index in [9.17, 15) is 9.59 Å². The topological polar surface area (TPSA) is 62.3 Å². The van der Waals surface area contributed by atoms with Crippen molar-refractivity contribution in [2.24, 2.45) is 5.92 Å². The predicted molar refractivity (Wildman–Crippen MR) is 94.3 cm³/mol. The Morgan fingerprint density at radius 3 is 2.71 bits per heavy atom. The van der Waals surface area contributed by atoms with Gasteiger partial charge >= 0.3 is 0 Å². The van der Waals surface area contributed by atoms with Crippen LogP contribution >= 0.6 is 11.6 Å². The third kappa shape index (κ3) is 3.41. The molecule has 1 aromatic heterocycles. The average Bonchev–Trinajstić information content (AvgIpc) is 2.94. The van der Waals surface area contributed by atoms with Gasteiger partial charge in [-0.1, -0.05) is 17.7 Å². The van der Waals surface area contributed by atoms with Crippen molar-refractivity contribution in [2.45, 2.75) is 20.3 Å². The Hall–Kier alpha value is -2.40. The van der Waals surface area contributed by atoms with Crippen LogP contribution in [0, 0.1) is 19.8 Å². The van der Waals surface area contributed by atoms with Gasteiger partial charge < -0.3 is 10.2 Å². The smallest absolute Gasteiger partial charge is 0.230 e. The van der Waals surface area contributed by atoms with Crippen LogP contribution in [0.3, 0.4) is 0 Å². The maximum absolute atomic E-state index is 12.4. The molecule has 0 saturated carbocycles. The van der Waals surface area contributed by atoms with Crippen molar-refractivity contribution >= 4 is 34.9 Å². The summed E-state index contributed by atoms with van der Waals surface area (Å²) in [6.45, 7) is 4.41. The van der Waals surface area contributed by atoms with Crippen molar-refractivity contribution in [3.8, 4) is 0 Å². The van der Waals surface area contributed by atoms with Crippen molar-refractivity contribution in [3.63, 3.8) is 0 Å². The van der Waals surface area contributed by atoms with Crippen LogP contribution in [0.15, 0.2) is 36.5 Å². The summed E-state index contributed by atoms with van der Waals surface area (Å²) in [6, 6.07) is 9.18. The standard InChI is InChI=1S/C18H18ClN3O2/c1-11-3-5-15(7-12(11)2)22-10-13(8-17(22)23)18(24)21-16-6-4-14(19)9-20-16/h3-7,9,13H,8,10H2,1-2H3,(H,20,21,24)/t13-/m0/s1. The molecule has 0 spiro atoms. The fourth-order valence-corrected chi connectivity index (χ4v) is 2.82. The summed E-state index contributed by atoms with van der Waals surface area (Å²) in [5.74, 6) is -0.204. The van der Waals surface area contributed by atoms with Gasteiger partial charge in [-0.25, -0.2) is 4.98 Å². The van der Waals surface area contributed by atoms with Gasteiger partial charge in [-0.3, -0.25) is 9.59 Å². The van der Waals surface area contributed by atoms with Crippen molar-refractivity contribution in [3.05, 3.63) is 52.7 Å². The number of nitrogens with zero attached hydrogens (tertiary/aromatic N) is 2. The molecule has 24 heavy (non-hydrogen) atoms. The summed E-state index contributed by atoms with van der Waals surface area (Å²) in [5, 5.41) is 3.24. The van der Waals surface area contributed by atoms with Crippen LogP contribution in [-0.4, -0.2) is 23.3 Å². The molecule has 1 saturated heterocycles. The summed E-state index contributed by atoms with van der Waals surface area (Å²) < 4.78 is 0. The molecular formula is C18H18ClN3O2. The first kappa shape index (κ1) is 16.5. The van der Waals surface area contributed by atoms with Gasteiger partial charge in [0.1, 0.15) is 5.82 Å². The molecule has 2 aromatic rings. The normalized spacial score (nSPS) is 17.2. The van der Waals surface area contributed by atoms with Crippen molar-refractivity contribution in [1.82, 2.24) is 4.98 Å². The number of carbonyl (C=O) groups is 2. The molecule has 1 atom stereocenters. The SMILES string of the molecule is Cc1ccc(N2C[C@@H](C(=O)Nc3ccc(Cl)cn3)CC2=O)cc1C. The Morgan fingerprint density at radius 1 is 1.25 bits per heavy atom. The van der Waals surface area contributed by atoms with Crippen LogP contribution in [0.25, 0.3) is 0 Å². The van der Waals surface area contributed by atoms with Gasteiger partial charge in [0.05, 0.1) is 10.9 Å². The first-order chi connectivity index (χ1) is 11.4. The number of amides is 2. The number of benzene rings is 1. The second-order valence-electron chi connectivity index (χ2n) is 6.02. The summed E-state index contributed by atoms with van der Waals surface area (Å²) in [6.07, 6.45) is 1.67. The fourth-order valence-electron chi connectivity index (χ4n) is 2.70. The molecule has 2 amide bonds. The first-order valence-corrected chi connectivity index (χ1v) is 8.12. The predicted octanol–water partition coefficient (Wildman–Crippen LogP) is 3.34. The van der Waals surface area contributed by atoms with Gasteiger partial charge in [-0.15, -0.1) is 0 Å². The maximum Gasteiger partial charge on any atom is 0.230 e. The molecule has 5 nitrogen and oxygen atoms in total. The van der Waals surface area contributed by atoms with Gasteiger partial charge in [0, 0.05) is 24.8 Å². The van der Waals surface area contributed by atoms with Crippen LogP contribution in [-0.2, 0) is 9.59 Å². The van der Waals surface area contributed by atoms with E-state index in [1.165, 1.54) is 11.8 Å². The van der Waals surface area contributed by atoms with E-state index in [1.807, 2.05) is 32.0 Å². The van der Waals surface area contributed by atoms with E-state index in [0.29, 0.717) is 17.4 Å². The second-order valence-corrected chi connectivity index (χ2v) is 6.46. The number of pyridine rings is 1. The molecule has 2 heterocycles. The third-order valence-corrected chi connectivity index (χ3v) is 4.50. The van der Waals surface area contributed by atoms with E-state index in [-0.39, 0.29) is 18.2 Å². The number of hydrogen-bond donors (Lipinski definition) is 1. The number of nitrogens with one attached hydrogen (secondary N) is 1. The van der Waals surface area contributed by atoms with Crippen molar-refractivity contribution < 1.29 is 9.59 Å². The van der Waals surface area contributed by atoms with Crippen LogP contribution in [0.1, 0.15) is 17.5 Å². The lowest BCUT2D eigenvalue weighted by Crippen LogP contribution is -2.28. The Morgan fingerprint density at radius 2 is 2.04 bits per heavy atom. The summed E-state index contributed by atoms with van der Waals surface area (Å²) in [4.78, 5) is 30.4. The minimum atomic E-state index is -0.392. The zero-order valence-electron chi connectivity index (χ0n) is 13.5. The molecule has 0 radical (unpaired) electrons. The molecule has 124 valence electrons. The van der Waals surface area contributed by atoms with Crippen molar-refractivity contribution in [2.75, 3.05) is 16.8 Å². The maximum atomic E-state index is 12.4. The van der Waals surface area contributed by atoms with Crippen LogP contribution in [0.5, 0.6) is 0 Å². The molecule has 1 aliphatic heterocycles. The highest BCUT2D eigenvalue weighted by Crippen LogP contribution is 2.27. The minimum Gasteiger partial charge on any atom is -0.312 e. The van der Waals surface area contributed by atoms with Gasteiger partial charge in [-0.2, -0.15) is 0 Å². The third-order valence-electron chi connectivity index (χ3n) is 4.28. The van der Waals surface area contributed by atoms with E-state index >= 15 is 0 Å². The van der Waals surface area contributed by atoms with Gasteiger partial charge in [0.15, 0.2) is 0 Å². The van der Waals surface area contributed by atoms with E-state index in [0.717, 1.165) is 11.3 Å². The molecule has 1 aromatic carbocycles. The highest BCUT2D eigenvalue weighted by atomic mass is 35.5. The molecular weight excluding hydrogens is 326 g/mol. The number of aromatic nitrogens is 1. The van der Waals surface area contributed by atoms with E-state index in [1.54, 1.807) is 17.0 Å². The number of halogens is 1. The summed E-state index contributed by atoms with van der Waals surface area (Å²) >= 11 is 5.78. The Balaban J connectivity index is 1.70. The molecule has 0 bridgehead atoms. The highest BCUT2D eigenvalue weighted by molar-refractivity contribution is 6.30. The van der Waals surface area contributed by atoms with Gasteiger partial charge in [0.2, 0.25) is 11.8 Å². The van der Waals surface area contributed by atoms with E-state index in [2.05, 4.69) is 10.3 Å². The second kappa shape index (κ2) is 6.61. The number of aryl methyl sites for hydroxylation is 2. The lowest BCUT2D eigenvalue weighted by Gasteiger charge is -2.18. The van der Waals surface area contributed by atoms with Gasteiger partial charge in [0.25, 0.3) is 0 Å². The first-order valence-electron chi connectivity index (χ1n) is 7.74. The number of anilines is 2. The van der Waals surface area contributed by atoms with Crippen LogP contribution < -0.4 is 10.2 Å². The molecule has 0 aliphatic carbocycles. The number of rotatable bonds is 3. The lowest BCUT2D eigenvalue weighted by molar-refractivity contribution is -0.122. The minimum absolute atomic E-state index is 0.0394. The lowest BCUT2D eigenvalue weighted by atomic mass is 10.1. The largest absolute Gasteiger partial charge is 0.312 e. The van der Waals surface area contributed by atoms with Gasteiger partial charge in [-0.05, 0) is 49.2 Å². The zero-order valence-corrected chi connectivity index (χ0v) is 14.3. The Kier molecular flexibility index (Phi) is 4.53. The Bertz CT molecular complexity index is 789. The summed E-state index contributed by atoms with van der Waals surface area (Å²) in [5.41, 5.74) is 3.13. The molecule has 1 fully saturated rings. The van der Waals surface area contributed by atoms with Crippen LogP contribution in [0.2, 0.25) is 5.02 Å². The van der Waals surface area contributed by atoms with E-state index < -0.39 is 5.92 Å². The molecule has 1 N–H and O–H groups in total. The van der Waals surface area contributed by atoms with Crippen molar-refractivity contribution in [1.29, 1.82) is 0 Å². The fraction of sp³-hybridized carbons (Fsp3) is 0.278. The monoisotopic (exact) mass is 343 g/mol. The Labute approximate surface area is 145 Å². The molecule has 6 heteroatoms. The average molecular weight is 344 g/mol. The molecule has 0 unspecified atom stereocenters. The quantitative estimate of drug-likeness (QED) is 0.929. The summed E-state index contributed by atoms with van der Waals surface area (Å²) in [7, 11) is 0. The molecule has 1 aliphatic rings. The number of carbonyl (C=O) groups excluding carboxylic acids is 2. The highest BCUT2D eigenvalue weighted by Gasteiger charge is 2.35. The zero-order chi connectivity index (χ0) is 17.3. The molecule has 3 rings (SSSR count). The van der Waals surface area contributed by atoms with Crippen LogP contribution in [0.4, 0.5) is 11.5 Å².